The van der Waals surface area contributed by atoms with Crippen LogP contribution in [0.3, 0.4) is 0 Å². The van der Waals surface area contributed by atoms with Crippen molar-refractivity contribution in [1.29, 1.82) is 0 Å². The van der Waals surface area contributed by atoms with Crippen LogP contribution < -0.4 is 4.35 Å². The highest BCUT2D eigenvalue weighted by molar-refractivity contribution is 7.85. The molecule has 4 nitrogen and oxygen atoms in total. The minimum absolute atomic E-state index is 0.151. The fraction of sp³-hybridized carbons (Fsp3) is 0. The second-order valence-corrected chi connectivity index (χ2v) is 4.43. The van der Waals surface area contributed by atoms with Crippen LogP contribution >= 0.6 is 35.2 Å². The fourth-order valence-corrected chi connectivity index (χ4v) is 1.21. The zero-order chi connectivity index (χ0) is 11.2. The Balaban J connectivity index is 0.000000500. The number of hydrogen-bond acceptors (Lipinski definition) is 3. The maximum absolute atomic E-state index is 10.5. The smallest absolute Gasteiger partial charge is 0.282 e. The maximum atomic E-state index is 10.5. The van der Waals surface area contributed by atoms with Gasteiger partial charge in [-0.05, 0) is 47.8 Å². The first-order chi connectivity index (χ1) is 6.41. The molecule has 1 rings (SSSR count). The summed E-state index contributed by atoms with van der Waals surface area (Å²) in [6.45, 7) is 0. The summed E-state index contributed by atoms with van der Waals surface area (Å²) >= 11 is 14.5. The second kappa shape index (κ2) is 6.44. The van der Waals surface area contributed by atoms with Gasteiger partial charge in [-0.25, -0.2) is 0 Å². The Hall–Kier alpha value is -0.0400. The van der Waals surface area contributed by atoms with Crippen LogP contribution in [0.2, 0.25) is 5.02 Å². The Bertz CT molecular complexity index is 364. The van der Waals surface area contributed by atoms with Gasteiger partial charge in [0.1, 0.15) is 0 Å². The third-order valence-electron chi connectivity index (χ3n) is 1.11. The van der Waals surface area contributed by atoms with Crippen molar-refractivity contribution in [1.82, 2.24) is 4.35 Å². The van der Waals surface area contributed by atoms with Crippen molar-refractivity contribution >= 4 is 45.3 Å². The lowest BCUT2D eigenvalue weighted by Crippen LogP contribution is -1.96. The van der Waals surface area contributed by atoms with Crippen LogP contribution in [0.25, 0.3) is 0 Å². The predicted molar refractivity (Wildman–Crippen MR) is 56.1 cm³/mol. The summed E-state index contributed by atoms with van der Waals surface area (Å²) in [5.41, 5.74) is 0. The summed E-state index contributed by atoms with van der Waals surface area (Å²) in [7, 11) is -4.08. The van der Waals surface area contributed by atoms with Gasteiger partial charge in [-0.1, -0.05) is 11.6 Å². The van der Waals surface area contributed by atoms with E-state index in [0.717, 1.165) is 0 Å². The van der Waals surface area contributed by atoms with Crippen LogP contribution in [0, 0.1) is 0 Å². The van der Waals surface area contributed by atoms with Gasteiger partial charge in [-0.2, -0.15) is 8.42 Å². The molecule has 80 valence electrons. The Morgan fingerprint density at radius 3 is 1.79 bits per heavy atom. The summed E-state index contributed by atoms with van der Waals surface area (Å²) < 4.78 is 31.1. The monoisotopic (exact) mass is 277 g/mol. The summed E-state index contributed by atoms with van der Waals surface area (Å²) in [5.74, 6) is 0. The van der Waals surface area contributed by atoms with Crippen molar-refractivity contribution in [3.8, 4) is 0 Å². The molecule has 0 spiro atoms. The first-order valence-electron chi connectivity index (χ1n) is 3.11. The van der Waals surface area contributed by atoms with Gasteiger partial charge in [0.05, 0.1) is 4.90 Å². The van der Waals surface area contributed by atoms with Gasteiger partial charge in [0.15, 0.2) is 0 Å². The maximum Gasteiger partial charge on any atom is 0.294 e. The van der Waals surface area contributed by atoms with Crippen molar-refractivity contribution in [2.24, 2.45) is 0 Å². The topological polar surface area (TPSA) is 66.4 Å². The van der Waals surface area contributed by atoms with E-state index >= 15 is 0 Å². The molecule has 0 atom stereocenters. The molecule has 0 aliphatic carbocycles. The molecule has 0 unspecified atom stereocenters. The van der Waals surface area contributed by atoms with E-state index < -0.39 is 10.1 Å². The normalized spacial score (nSPS) is 10.3. The van der Waals surface area contributed by atoms with Crippen molar-refractivity contribution in [3.63, 3.8) is 0 Å². The van der Waals surface area contributed by atoms with Crippen molar-refractivity contribution in [2.75, 3.05) is 0 Å². The van der Waals surface area contributed by atoms with Crippen LogP contribution in [0.15, 0.2) is 29.2 Å². The molecule has 2 N–H and O–H groups in total. The van der Waals surface area contributed by atoms with Gasteiger partial charge in [-0.15, -0.1) is 4.35 Å². The van der Waals surface area contributed by atoms with Gasteiger partial charge in [-0.3, -0.25) is 4.55 Å². The summed E-state index contributed by atoms with van der Waals surface area (Å²) in [6, 6.07) is 5.25. The van der Waals surface area contributed by atoms with Gasteiger partial charge in [0.25, 0.3) is 10.1 Å². The number of nitrogens with one attached hydrogen (secondary N) is 1. The van der Waals surface area contributed by atoms with E-state index in [1.807, 2.05) is 0 Å². The number of benzene rings is 1. The molecule has 0 aliphatic heterocycles. The van der Waals surface area contributed by atoms with Crippen LogP contribution in [-0.4, -0.2) is 13.0 Å². The molecule has 1 aromatic rings. The molecular weight excluding hydrogens is 272 g/mol. The van der Waals surface area contributed by atoms with Gasteiger partial charge in [0, 0.05) is 5.02 Å². The Morgan fingerprint density at radius 2 is 1.50 bits per heavy atom. The van der Waals surface area contributed by atoms with Crippen LogP contribution in [-0.2, 0) is 10.1 Å². The number of hydrogen-bond donors (Lipinski definition) is 2. The Labute approximate surface area is 96.7 Å². The molecule has 14 heavy (non-hydrogen) atoms. The summed E-state index contributed by atoms with van der Waals surface area (Å²) in [5, 5.41) is 0.428. The van der Waals surface area contributed by atoms with E-state index in [9.17, 15) is 8.42 Å². The summed E-state index contributed by atoms with van der Waals surface area (Å²) in [6.07, 6.45) is 0. The predicted octanol–water partition coefficient (Wildman–Crippen LogP) is 2.47. The summed E-state index contributed by atoms with van der Waals surface area (Å²) in [4.78, 5) is -0.151. The standard InChI is InChI=1S/C6H5ClO3S.Cl2HN/c7-5-1-3-6(4-2-5)11(8,9)10;1-3-2/h1-4H,(H,8,9,10);3H. The lowest BCUT2D eigenvalue weighted by Gasteiger charge is -1.94. The van der Waals surface area contributed by atoms with Crippen molar-refractivity contribution < 1.29 is 13.0 Å². The molecule has 0 heterocycles. The van der Waals surface area contributed by atoms with Crippen LogP contribution in [0.1, 0.15) is 0 Å². The molecule has 0 aromatic heterocycles. The van der Waals surface area contributed by atoms with E-state index in [1.54, 1.807) is 4.35 Å². The molecule has 0 bridgehead atoms. The highest BCUT2D eigenvalue weighted by Crippen LogP contribution is 2.12. The molecular formula is C6H6Cl3NO3S. The average Bonchev–Trinajstić information content (AvgIpc) is 2.04. The van der Waals surface area contributed by atoms with E-state index in [-0.39, 0.29) is 4.90 Å². The minimum atomic E-state index is -4.08. The van der Waals surface area contributed by atoms with Crippen molar-refractivity contribution in [2.45, 2.75) is 4.90 Å². The van der Waals surface area contributed by atoms with Gasteiger partial charge in [0.2, 0.25) is 0 Å². The lowest BCUT2D eigenvalue weighted by atomic mass is 10.4. The van der Waals surface area contributed by atoms with E-state index in [1.165, 1.54) is 24.3 Å². The third kappa shape index (κ3) is 5.64. The van der Waals surface area contributed by atoms with Gasteiger partial charge < -0.3 is 0 Å². The zero-order valence-electron chi connectivity index (χ0n) is 6.62. The SMILES string of the molecule is ClNCl.O=S(=O)(O)c1ccc(Cl)cc1. The Kier molecular flexibility index (Phi) is 6.43. The van der Waals surface area contributed by atoms with Gasteiger partial charge >= 0.3 is 0 Å². The fourth-order valence-electron chi connectivity index (χ4n) is 0.607. The van der Waals surface area contributed by atoms with E-state index in [2.05, 4.69) is 23.6 Å². The first kappa shape index (κ1) is 14.0. The van der Waals surface area contributed by atoms with Crippen LogP contribution in [0.5, 0.6) is 0 Å². The molecule has 8 heteroatoms. The quantitative estimate of drug-likeness (QED) is 0.612. The molecule has 0 aliphatic rings. The molecule has 0 fully saturated rings. The average molecular weight is 279 g/mol. The molecule has 0 saturated carbocycles. The molecule has 0 radical (unpaired) electrons. The Morgan fingerprint density at radius 1 is 1.14 bits per heavy atom. The first-order valence-corrected chi connectivity index (χ1v) is 5.68. The van der Waals surface area contributed by atoms with Crippen LogP contribution in [0.4, 0.5) is 0 Å². The molecule has 0 amide bonds. The largest absolute Gasteiger partial charge is 0.294 e. The third-order valence-corrected chi connectivity index (χ3v) is 2.23. The zero-order valence-corrected chi connectivity index (χ0v) is 9.70. The number of rotatable bonds is 1. The number of halogens is 3. The lowest BCUT2D eigenvalue weighted by molar-refractivity contribution is 0.483. The van der Waals surface area contributed by atoms with Crippen molar-refractivity contribution in [3.05, 3.63) is 29.3 Å². The molecule has 0 saturated heterocycles. The minimum Gasteiger partial charge on any atom is -0.282 e. The second-order valence-electron chi connectivity index (χ2n) is 2.00. The highest BCUT2D eigenvalue weighted by Gasteiger charge is 2.07. The van der Waals surface area contributed by atoms with E-state index in [0.29, 0.717) is 5.02 Å². The highest BCUT2D eigenvalue weighted by atomic mass is 35.5. The van der Waals surface area contributed by atoms with E-state index in [4.69, 9.17) is 16.2 Å². The molecule has 1 aromatic carbocycles.